The highest BCUT2D eigenvalue weighted by Crippen LogP contribution is 2.32. The number of ether oxygens (including phenoxy) is 1. The van der Waals surface area contributed by atoms with Crippen molar-refractivity contribution in [1.82, 2.24) is 34.7 Å². The highest BCUT2D eigenvalue weighted by Gasteiger charge is 2.24. The fourth-order valence-corrected chi connectivity index (χ4v) is 5.28. The number of halogens is 1. The zero-order valence-corrected chi connectivity index (χ0v) is 25.3. The first-order chi connectivity index (χ1) is 20.9. The second kappa shape index (κ2) is 13.7. The number of tetrazole rings is 1. The molecule has 0 aliphatic carbocycles. The van der Waals surface area contributed by atoms with Gasteiger partial charge in [0.15, 0.2) is 17.2 Å². The summed E-state index contributed by atoms with van der Waals surface area (Å²) in [6.07, 6.45) is 5.66. The van der Waals surface area contributed by atoms with E-state index in [1.54, 1.807) is 23.0 Å². The molecule has 0 aliphatic rings. The van der Waals surface area contributed by atoms with Gasteiger partial charge in [-0.3, -0.25) is 9.78 Å². The third kappa shape index (κ3) is 6.48. The number of carbonyl (C=O) groups is 1. The summed E-state index contributed by atoms with van der Waals surface area (Å²) in [6, 6.07) is 19.8. The number of imidazole rings is 1. The topological polar surface area (TPSA) is 101 Å². The molecule has 2 aromatic carbocycles. The molecule has 0 saturated carbocycles. The molecule has 10 heteroatoms. The van der Waals surface area contributed by atoms with Crippen molar-refractivity contribution >= 4 is 23.5 Å². The van der Waals surface area contributed by atoms with Crippen LogP contribution in [0.2, 0.25) is 5.15 Å². The highest BCUT2D eigenvalue weighted by molar-refractivity contribution is 6.33. The largest absolute Gasteiger partial charge is 0.357 e. The van der Waals surface area contributed by atoms with E-state index >= 15 is 0 Å². The normalized spacial score (nSPS) is 11.9. The lowest BCUT2D eigenvalue weighted by Crippen LogP contribution is -2.15. The first kappa shape index (κ1) is 30.0. The Hall–Kier alpha value is -4.47. The number of unbranched alkanes of at least 4 members (excludes halogenated alkanes) is 1. The summed E-state index contributed by atoms with van der Waals surface area (Å²) in [4.78, 5) is 22.6. The second-order valence-electron chi connectivity index (χ2n) is 10.1. The minimum absolute atomic E-state index is 0.190. The Bertz CT molecular complexity index is 1710. The summed E-state index contributed by atoms with van der Waals surface area (Å²) in [5.41, 5.74) is 5.40. The maximum atomic E-state index is 13.6. The zero-order valence-electron chi connectivity index (χ0n) is 24.6. The van der Waals surface area contributed by atoms with Gasteiger partial charge in [-0.05, 0) is 59.0 Å². The van der Waals surface area contributed by atoms with Gasteiger partial charge < -0.3 is 9.30 Å². The number of benzene rings is 2. The lowest BCUT2D eigenvalue weighted by atomic mass is 9.98. The molecule has 5 rings (SSSR count). The molecular formula is C33H34ClN7O2. The van der Waals surface area contributed by atoms with Crippen molar-refractivity contribution < 1.29 is 9.53 Å². The Morgan fingerprint density at radius 1 is 1.07 bits per heavy atom. The molecule has 0 N–H and O–H groups in total. The molecule has 0 fully saturated rings. The number of rotatable bonds is 13. The van der Waals surface area contributed by atoms with Gasteiger partial charge in [0.1, 0.15) is 17.2 Å². The van der Waals surface area contributed by atoms with Crippen LogP contribution in [0.4, 0.5) is 0 Å². The third-order valence-corrected chi connectivity index (χ3v) is 7.51. The van der Waals surface area contributed by atoms with Gasteiger partial charge in [0.2, 0.25) is 5.78 Å². The summed E-state index contributed by atoms with van der Waals surface area (Å²) in [7, 11) is 0. The van der Waals surface area contributed by atoms with E-state index in [1.165, 1.54) is 0 Å². The molecular weight excluding hydrogens is 562 g/mol. The fraction of sp³-hybridized carbons (Fsp3) is 0.273. The maximum absolute atomic E-state index is 13.6. The van der Waals surface area contributed by atoms with E-state index in [0.717, 1.165) is 46.5 Å². The summed E-state index contributed by atoms with van der Waals surface area (Å²) in [5.74, 6) is 1.15. The van der Waals surface area contributed by atoms with Gasteiger partial charge in [-0.15, -0.1) is 5.10 Å². The van der Waals surface area contributed by atoms with Crippen LogP contribution in [-0.2, 0) is 17.7 Å². The van der Waals surface area contributed by atoms with Gasteiger partial charge in [-0.25, -0.2) is 4.98 Å². The summed E-state index contributed by atoms with van der Waals surface area (Å²) < 4.78 is 9.36. The Balaban J connectivity index is 1.47. The average molecular weight is 596 g/mol. The molecule has 43 heavy (non-hydrogen) atoms. The maximum Gasteiger partial charge on any atom is 0.230 e. The average Bonchev–Trinajstić information content (AvgIpc) is 3.65. The Kier molecular flexibility index (Phi) is 9.54. The number of nitrogens with zero attached hydrogens (tertiary/aromatic N) is 7. The van der Waals surface area contributed by atoms with Crippen molar-refractivity contribution in [3.8, 4) is 22.5 Å². The van der Waals surface area contributed by atoms with E-state index in [0.29, 0.717) is 36.8 Å². The van der Waals surface area contributed by atoms with Crippen molar-refractivity contribution in [1.29, 1.82) is 0 Å². The van der Waals surface area contributed by atoms with Crippen LogP contribution in [-0.4, -0.2) is 47.1 Å². The molecule has 220 valence electrons. The van der Waals surface area contributed by atoms with Crippen LogP contribution in [0.15, 0.2) is 73.4 Å². The zero-order chi connectivity index (χ0) is 30.3. The van der Waals surface area contributed by atoms with Crippen LogP contribution in [0.1, 0.15) is 73.0 Å². The summed E-state index contributed by atoms with van der Waals surface area (Å²) >= 11 is 6.60. The number of hydrogen-bond acceptors (Lipinski definition) is 7. The van der Waals surface area contributed by atoms with Gasteiger partial charge in [0, 0.05) is 31.3 Å². The standard InChI is InChI=1S/C33H34ClN7O2/c1-5-8-13-29-36-32(34)30(31(42)28-19-16-23(6-2)20-35-28)40(29)21-24-14-17-25(18-15-24)26-11-9-10-12-27(26)33-37-38-39-41(33)22(4)43-7-3/h6,9-12,14-20,22H,2,5,7-8,13,21H2,1,3-4H3. The molecule has 0 saturated heterocycles. The van der Waals surface area contributed by atoms with Crippen LogP contribution in [0.25, 0.3) is 28.6 Å². The van der Waals surface area contributed by atoms with Crippen molar-refractivity contribution in [2.45, 2.75) is 52.8 Å². The first-order valence-corrected chi connectivity index (χ1v) is 14.8. The SMILES string of the molecule is C=Cc1ccc(C(=O)c2c(Cl)nc(CCCC)n2Cc2ccc(-c3ccccc3-c3nnnn3C(C)OCC)cc2)nc1. The number of ketones is 1. The number of aryl methyl sites for hydroxylation is 1. The van der Waals surface area contributed by atoms with Crippen LogP contribution in [0.3, 0.4) is 0 Å². The number of carbonyl (C=O) groups excluding carboxylic acids is 1. The third-order valence-electron chi connectivity index (χ3n) is 7.25. The van der Waals surface area contributed by atoms with Crippen LogP contribution < -0.4 is 0 Å². The van der Waals surface area contributed by atoms with Crippen LogP contribution in [0, 0.1) is 0 Å². The van der Waals surface area contributed by atoms with Crippen molar-refractivity contribution in [3.63, 3.8) is 0 Å². The van der Waals surface area contributed by atoms with E-state index in [9.17, 15) is 4.79 Å². The molecule has 3 heterocycles. The molecule has 5 aromatic rings. The quantitative estimate of drug-likeness (QED) is 0.134. The lowest BCUT2D eigenvalue weighted by molar-refractivity contribution is 0.0159. The van der Waals surface area contributed by atoms with Crippen molar-refractivity contribution in [2.24, 2.45) is 0 Å². The van der Waals surface area contributed by atoms with Gasteiger partial charge in [0.05, 0.1) is 0 Å². The van der Waals surface area contributed by atoms with Crippen LogP contribution in [0.5, 0.6) is 0 Å². The lowest BCUT2D eigenvalue weighted by Gasteiger charge is -2.15. The minimum atomic E-state index is -0.304. The Morgan fingerprint density at radius 2 is 1.84 bits per heavy atom. The monoisotopic (exact) mass is 595 g/mol. The minimum Gasteiger partial charge on any atom is -0.357 e. The van der Waals surface area contributed by atoms with Gasteiger partial charge in [-0.2, -0.15) is 4.68 Å². The smallest absolute Gasteiger partial charge is 0.230 e. The summed E-state index contributed by atoms with van der Waals surface area (Å²) in [5, 5.41) is 12.6. The van der Waals surface area contributed by atoms with Crippen LogP contribution >= 0.6 is 11.6 Å². The van der Waals surface area contributed by atoms with E-state index < -0.39 is 0 Å². The predicted molar refractivity (Wildman–Crippen MR) is 168 cm³/mol. The number of hydrogen-bond donors (Lipinski definition) is 0. The molecule has 0 radical (unpaired) electrons. The molecule has 9 nitrogen and oxygen atoms in total. The van der Waals surface area contributed by atoms with Crippen molar-refractivity contribution in [3.05, 3.63) is 107 Å². The number of pyridine rings is 1. The highest BCUT2D eigenvalue weighted by atomic mass is 35.5. The molecule has 1 unspecified atom stereocenters. The number of aromatic nitrogens is 7. The first-order valence-electron chi connectivity index (χ1n) is 14.4. The predicted octanol–water partition coefficient (Wildman–Crippen LogP) is 7.07. The van der Waals surface area contributed by atoms with Gasteiger partial charge in [-0.1, -0.05) is 92.2 Å². The molecule has 0 amide bonds. The molecule has 3 aromatic heterocycles. The van der Waals surface area contributed by atoms with Gasteiger partial charge >= 0.3 is 0 Å². The Labute approximate surface area is 256 Å². The molecule has 1 atom stereocenters. The molecule has 0 aliphatic heterocycles. The second-order valence-corrected chi connectivity index (χ2v) is 10.5. The van der Waals surface area contributed by atoms with Gasteiger partial charge in [0.25, 0.3) is 0 Å². The molecule has 0 spiro atoms. The van der Waals surface area contributed by atoms with E-state index in [-0.39, 0.29) is 17.2 Å². The summed E-state index contributed by atoms with van der Waals surface area (Å²) in [6.45, 7) is 10.7. The fourth-order valence-electron chi connectivity index (χ4n) is 4.99. The van der Waals surface area contributed by atoms with Crippen molar-refractivity contribution in [2.75, 3.05) is 6.61 Å². The Morgan fingerprint density at radius 3 is 2.51 bits per heavy atom. The van der Waals surface area contributed by atoms with E-state index in [1.807, 2.05) is 42.7 Å². The molecule has 0 bridgehead atoms. The van der Waals surface area contributed by atoms with E-state index in [2.05, 4.69) is 69.3 Å². The van der Waals surface area contributed by atoms with E-state index in [4.69, 9.17) is 16.3 Å².